The van der Waals surface area contributed by atoms with Crippen LogP contribution in [0.2, 0.25) is 5.02 Å². The second kappa shape index (κ2) is 9.58. The summed E-state index contributed by atoms with van der Waals surface area (Å²) >= 11 is 7.40. The number of hydrogen-bond donors (Lipinski definition) is 2. The number of hydrazone groups is 1. The Hall–Kier alpha value is -3.77. The van der Waals surface area contributed by atoms with Gasteiger partial charge in [0.25, 0.3) is 5.91 Å². The van der Waals surface area contributed by atoms with Gasteiger partial charge >= 0.3 is 0 Å². The summed E-state index contributed by atoms with van der Waals surface area (Å²) in [5.41, 5.74) is 10.2. The van der Waals surface area contributed by atoms with E-state index in [1.165, 1.54) is 16.4 Å². The first-order chi connectivity index (χ1) is 15.5. The number of thioether (sulfide) groups is 1. The first-order valence-electron chi connectivity index (χ1n) is 9.19. The van der Waals surface area contributed by atoms with Crippen molar-refractivity contribution in [2.24, 2.45) is 5.10 Å². The molecule has 1 aromatic carbocycles. The quantitative estimate of drug-likeness (QED) is 0.236. The molecule has 0 atom stereocenters. The Bertz CT molecular complexity index is 1260. The average Bonchev–Trinajstić information content (AvgIpc) is 3.43. The van der Waals surface area contributed by atoms with E-state index in [1.54, 1.807) is 37.5 Å². The number of amides is 1. The third-order valence-electron chi connectivity index (χ3n) is 4.27. The lowest BCUT2D eigenvalue weighted by Crippen LogP contribution is -2.21. The van der Waals surface area contributed by atoms with Crippen LogP contribution in [0.25, 0.3) is 5.82 Å². The number of hydrogen-bond acceptors (Lipinski definition) is 10. The van der Waals surface area contributed by atoms with Gasteiger partial charge in [0.15, 0.2) is 5.69 Å². The fraction of sp³-hybridized carbons (Fsp3) is 0.105. The zero-order valence-corrected chi connectivity index (χ0v) is 18.2. The Morgan fingerprint density at radius 3 is 2.78 bits per heavy atom. The molecule has 0 aliphatic carbocycles. The maximum absolute atomic E-state index is 12.9. The van der Waals surface area contributed by atoms with Gasteiger partial charge in [0, 0.05) is 33.6 Å². The highest BCUT2D eigenvalue weighted by Crippen LogP contribution is 2.27. The first-order valence-corrected chi connectivity index (χ1v) is 10.6. The van der Waals surface area contributed by atoms with Crippen molar-refractivity contribution in [1.29, 1.82) is 0 Å². The van der Waals surface area contributed by atoms with Gasteiger partial charge in [-0.1, -0.05) is 22.9 Å². The van der Waals surface area contributed by atoms with Crippen LogP contribution in [0.3, 0.4) is 0 Å². The Morgan fingerprint density at radius 2 is 2.09 bits per heavy atom. The fourth-order valence-corrected chi connectivity index (χ4v) is 3.64. The fourth-order valence-electron chi connectivity index (χ4n) is 2.63. The number of carbonyl (C=O) groups is 1. The average molecular weight is 470 g/mol. The molecule has 0 aliphatic rings. The van der Waals surface area contributed by atoms with Crippen LogP contribution in [0.5, 0.6) is 0 Å². The third kappa shape index (κ3) is 4.76. The minimum Gasteiger partial charge on any atom is -0.378 e. The largest absolute Gasteiger partial charge is 0.378 e. The number of benzene rings is 1. The van der Waals surface area contributed by atoms with E-state index in [2.05, 4.69) is 40.8 Å². The molecule has 4 rings (SSSR count). The number of anilines is 1. The highest BCUT2D eigenvalue weighted by Gasteiger charge is 2.24. The van der Waals surface area contributed by atoms with Gasteiger partial charge in [-0.05, 0) is 47.6 Å². The van der Waals surface area contributed by atoms with Crippen LogP contribution in [0, 0.1) is 0 Å². The smallest absolute Gasteiger partial charge is 0.293 e. The van der Waals surface area contributed by atoms with Crippen LogP contribution in [0.4, 0.5) is 5.82 Å². The minimum atomic E-state index is -0.541. The molecular weight excluding hydrogens is 454 g/mol. The van der Waals surface area contributed by atoms with Gasteiger partial charge in [-0.15, -0.1) is 16.9 Å². The monoisotopic (exact) mass is 469 g/mol. The number of nitrogens with zero attached hydrogens (tertiary/aromatic N) is 7. The maximum Gasteiger partial charge on any atom is 0.293 e. The van der Waals surface area contributed by atoms with Crippen molar-refractivity contribution in [3.8, 4) is 5.82 Å². The van der Waals surface area contributed by atoms with Crippen molar-refractivity contribution >= 4 is 40.8 Å². The zero-order chi connectivity index (χ0) is 22.5. The summed E-state index contributed by atoms with van der Waals surface area (Å²) in [6.45, 7) is 1.76. The minimum absolute atomic E-state index is 0.0186. The van der Waals surface area contributed by atoms with E-state index in [0.717, 1.165) is 10.5 Å². The van der Waals surface area contributed by atoms with Gasteiger partial charge < -0.3 is 5.73 Å². The van der Waals surface area contributed by atoms with E-state index < -0.39 is 5.91 Å². The molecule has 0 unspecified atom stereocenters. The second-order valence-electron chi connectivity index (χ2n) is 6.39. The molecular formula is C19H16ClN9O2S. The number of pyridine rings is 1. The number of carbonyl (C=O) groups excluding carboxylic acids is 1. The Morgan fingerprint density at radius 1 is 1.28 bits per heavy atom. The number of nitrogens with two attached hydrogens (primary N) is 1. The van der Waals surface area contributed by atoms with Gasteiger partial charge in [-0.3, -0.25) is 9.78 Å². The normalized spacial score (nSPS) is 11.5. The lowest BCUT2D eigenvalue weighted by atomic mass is 10.2. The van der Waals surface area contributed by atoms with Crippen LogP contribution < -0.4 is 11.2 Å². The van der Waals surface area contributed by atoms with Gasteiger partial charge in [0.05, 0.1) is 11.4 Å². The molecule has 32 heavy (non-hydrogen) atoms. The van der Waals surface area contributed by atoms with Crippen molar-refractivity contribution in [2.75, 3.05) is 5.73 Å². The molecule has 0 radical (unpaired) electrons. The van der Waals surface area contributed by atoms with Crippen molar-refractivity contribution < 1.29 is 9.42 Å². The summed E-state index contributed by atoms with van der Waals surface area (Å²) in [5.74, 6) is -0.0563. The summed E-state index contributed by atoms with van der Waals surface area (Å²) in [7, 11) is 0. The van der Waals surface area contributed by atoms with E-state index >= 15 is 0 Å². The predicted molar refractivity (Wildman–Crippen MR) is 119 cm³/mol. The van der Waals surface area contributed by atoms with Gasteiger partial charge in [-0.25, -0.2) is 10.1 Å². The number of nitrogens with one attached hydrogen (secondary N) is 1. The number of aromatic nitrogens is 6. The van der Waals surface area contributed by atoms with Crippen molar-refractivity contribution in [1.82, 2.24) is 35.7 Å². The molecule has 0 bridgehead atoms. The van der Waals surface area contributed by atoms with Crippen molar-refractivity contribution in [3.63, 3.8) is 0 Å². The highest BCUT2D eigenvalue weighted by molar-refractivity contribution is 7.98. The molecule has 162 valence electrons. The van der Waals surface area contributed by atoms with E-state index in [1.807, 2.05) is 18.2 Å². The molecule has 4 aromatic rings. The first kappa shape index (κ1) is 21.5. The molecule has 0 aliphatic heterocycles. The van der Waals surface area contributed by atoms with Crippen molar-refractivity contribution in [3.05, 3.63) is 70.8 Å². The topological polar surface area (TPSA) is 150 Å². The van der Waals surface area contributed by atoms with E-state index in [0.29, 0.717) is 22.2 Å². The van der Waals surface area contributed by atoms with Crippen molar-refractivity contribution in [2.45, 2.75) is 17.6 Å². The molecule has 13 heteroatoms. The van der Waals surface area contributed by atoms with Crippen LogP contribution in [-0.2, 0) is 5.75 Å². The van der Waals surface area contributed by atoms with Gasteiger partial charge in [0.1, 0.15) is 0 Å². The Balaban J connectivity index is 1.60. The van der Waals surface area contributed by atoms with E-state index in [9.17, 15) is 4.79 Å². The second-order valence-corrected chi connectivity index (χ2v) is 7.88. The van der Waals surface area contributed by atoms with Crippen LogP contribution in [-0.4, -0.2) is 41.9 Å². The lowest BCUT2D eigenvalue weighted by Gasteiger charge is -2.06. The van der Waals surface area contributed by atoms with E-state index in [4.69, 9.17) is 17.3 Å². The molecule has 1 amide bonds. The number of nitrogen functional groups attached to an aromatic ring is 1. The summed E-state index contributed by atoms with van der Waals surface area (Å²) < 4.78 is 5.99. The number of rotatable bonds is 7. The van der Waals surface area contributed by atoms with Gasteiger partial charge in [0.2, 0.25) is 11.6 Å². The summed E-state index contributed by atoms with van der Waals surface area (Å²) in [6, 6.07) is 10.9. The molecule has 0 fully saturated rings. The summed E-state index contributed by atoms with van der Waals surface area (Å²) in [4.78, 5) is 17.8. The summed E-state index contributed by atoms with van der Waals surface area (Å²) in [6.07, 6.45) is 3.30. The zero-order valence-electron chi connectivity index (χ0n) is 16.6. The molecule has 3 heterocycles. The third-order valence-corrected chi connectivity index (χ3v) is 5.54. The molecule has 0 saturated heterocycles. The molecule has 0 saturated carbocycles. The Kier molecular flexibility index (Phi) is 6.42. The highest BCUT2D eigenvalue weighted by atomic mass is 35.5. The van der Waals surface area contributed by atoms with Crippen LogP contribution >= 0.6 is 23.4 Å². The molecule has 3 N–H and O–H groups in total. The van der Waals surface area contributed by atoms with Crippen LogP contribution in [0.15, 0.2) is 63.4 Å². The van der Waals surface area contributed by atoms with E-state index in [-0.39, 0.29) is 17.3 Å². The lowest BCUT2D eigenvalue weighted by molar-refractivity contribution is 0.0949. The maximum atomic E-state index is 12.9. The molecule has 0 spiro atoms. The molecule has 11 nitrogen and oxygen atoms in total. The molecule has 3 aromatic heterocycles. The van der Waals surface area contributed by atoms with Crippen LogP contribution in [0.1, 0.15) is 28.7 Å². The summed E-state index contributed by atoms with van der Waals surface area (Å²) in [5, 5.41) is 20.1. The Labute approximate surface area is 191 Å². The number of halogens is 1. The standard InChI is InChI=1S/C19H16ClN9O2S/c1-11(12-3-2-8-22-9-12)23-25-19(30)16-15(10-32-14-6-4-13(20)5-7-14)29(28-24-16)18-17(21)26-31-27-18/h2-9H,10H2,1H3,(H2,21,26)(H,25,30)/b23-11-. The SMILES string of the molecule is C/C(=N/NC(=O)c1nnn(-c2nonc2N)c1CSc1ccc(Cl)cc1)c1cccnc1. The predicted octanol–water partition coefficient (Wildman–Crippen LogP) is 2.73. The van der Waals surface area contributed by atoms with Gasteiger partial charge in [-0.2, -0.15) is 9.78 Å².